The molecule has 10 heteroatoms. The molecule has 4 aliphatic heterocycles. The van der Waals surface area contributed by atoms with Crippen LogP contribution in [-0.4, -0.2) is 75.3 Å². The Balaban J connectivity index is 1.30. The van der Waals surface area contributed by atoms with E-state index in [4.69, 9.17) is 9.47 Å². The van der Waals surface area contributed by atoms with Crippen LogP contribution in [0, 0.1) is 5.92 Å². The van der Waals surface area contributed by atoms with Gasteiger partial charge in [-0.3, -0.25) is 14.4 Å². The molecule has 0 bridgehead atoms. The first kappa shape index (κ1) is 31.6. The molecule has 1 spiro atoms. The summed E-state index contributed by atoms with van der Waals surface area (Å²) in [6.45, 7) is 7.63. The van der Waals surface area contributed by atoms with E-state index in [-0.39, 0.29) is 48.3 Å². The molecule has 0 unspecified atom stereocenters. The molecule has 0 saturated carbocycles. The summed E-state index contributed by atoms with van der Waals surface area (Å²) in [5.41, 5.74) is 3.11. The number of likely N-dealkylation sites (N-methyl/N-ethyl adjacent to an activating group) is 1. The minimum atomic E-state index is -2.45. The fourth-order valence-corrected chi connectivity index (χ4v) is 12.7. The van der Waals surface area contributed by atoms with Gasteiger partial charge in [-0.15, -0.1) is 0 Å². The molecule has 2 fully saturated rings. The van der Waals surface area contributed by atoms with Gasteiger partial charge in [0.1, 0.15) is 5.75 Å². The minimum Gasteiger partial charge on any atom is -0.497 e. The highest BCUT2D eigenvalue weighted by molar-refractivity contribution is 6.91. The van der Waals surface area contributed by atoms with E-state index >= 15 is 0 Å². The number of anilines is 2. The van der Waals surface area contributed by atoms with Crippen LogP contribution >= 0.6 is 0 Å². The maximum atomic E-state index is 14.5. The van der Waals surface area contributed by atoms with Gasteiger partial charge in [-0.2, -0.15) is 0 Å². The molecular weight excluding hydrogens is 611 g/mol. The van der Waals surface area contributed by atoms with E-state index < -0.39 is 19.8 Å². The van der Waals surface area contributed by atoms with Gasteiger partial charge in [-0.1, -0.05) is 61.6 Å². The summed E-state index contributed by atoms with van der Waals surface area (Å²) in [6, 6.07) is 21.7. The molecule has 2 saturated heterocycles. The van der Waals surface area contributed by atoms with Gasteiger partial charge in [0.2, 0.25) is 11.8 Å². The first-order valence-corrected chi connectivity index (χ1v) is 19.6. The third-order valence-electron chi connectivity index (χ3n) is 11.4. The first-order valence-electron chi connectivity index (χ1n) is 16.5. The highest BCUT2D eigenvalue weighted by Crippen LogP contribution is 2.60. The molecule has 246 valence electrons. The molecule has 3 aromatic rings. The van der Waals surface area contributed by atoms with E-state index in [2.05, 4.69) is 38.2 Å². The summed E-state index contributed by atoms with van der Waals surface area (Å²) in [4.78, 5) is 46.5. The van der Waals surface area contributed by atoms with Crippen LogP contribution in [0.1, 0.15) is 36.5 Å². The second-order valence-corrected chi connectivity index (χ2v) is 18.7. The Kier molecular flexibility index (Phi) is 7.80. The zero-order valence-corrected chi connectivity index (χ0v) is 28.7. The number of aliphatic hydroxyl groups is 1. The molecule has 4 heterocycles. The second kappa shape index (κ2) is 11.6. The van der Waals surface area contributed by atoms with Crippen molar-refractivity contribution in [2.75, 3.05) is 37.1 Å². The van der Waals surface area contributed by atoms with E-state index in [9.17, 15) is 19.5 Å². The van der Waals surface area contributed by atoms with Crippen molar-refractivity contribution >= 4 is 42.4 Å². The second-order valence-electron chi connectivity index (χ2n) is 14.1. The van der Waals surface area contributed by atoms with Crippen LogP contribution in [0.5, 0.6) is 5.75 Å². The largest absolute Gasteiger partial charge is 0.497 e. The van der Waals surface area contributed by atoms with Gasteiger partial charge in [0.05, 0.1) is 46.0 Å². The van der Waals surface area contributed by atoms with Crippen molar-refractivity contribution in [1.82, 2.24) is 4.90 Å². The lowest BCUT2D eigenvalue weighted by Gasteiger charge is -2.39. The number of fused-ring (bicyclic) bond motifs is 3. The molecule has 5 atom stereocenters. The van der Waals surface area contributed by atoms with Gasteiger partial charge in [0.15, 0.2) is 5.60 Å². The number of methoxy groups -OCH3 is 1. The fraction of sp³-hybridized carbons (Fsp3) is 0.432. The third kappa shape index (κ3) is 4.83. The van der Waals surface area contributed by atoms with Gasteiger partial charge in [0.25, 0.3) is 5.91 Å². The average Bonchev–Trinajstić information content (AvgIpc) is 3.48. The van der Waals surface area contributed by atoms with Gasteiger partial charge in [0, 0.05) is 43.7 Å². The molecule has 0 radical (unpaired) electrons. The highest BCUT2D eigenvalue weighted by Gasteiger charge is 2.66. The monoisotopic (exact) mass is 653 g/mol. The van der Waals surface area contributed by atoms with Crippen LogP contribution in [0.4, 0.5) is 11.4 Å². The summed E-state index contributed by atoms with van der Waals surface area (Å²) >= 11 is 0. The van der Waals surface area contributed by atoms with Crippen molar-refractivity contribution < 1.29 is 29.0 Å². The molecule has 3 aromatic carbocycles. The van der Waals surface area contributed by atoms with Crippen molar-refractivity contribution in [3.05, 3.63) is 83.4 Å². The smallest absolute Gasteiger partial charge is 0.264 e. The van der Waals surface area contributed by atoms with Gasteiger partial charge in [-0.05, 0) is 53.4 Å². The van der Waals surface area contributed by atoms with Crippen molar-refractivity contribution in [1.29, 1.82) is 0 Å². The Labute approximate surface area is 277 Å². The summed E-state index contributed by atoms with van der Waals surface area (Å²) in [5, 5.41) is 11.5. The van der Waals surface area contributed by atoms with E-state index in [0.717, 1.165) is 33.8 Å². The highest BCUT2D eigenvalue weighted by atomic mass is 28.3. The number of benzene rings is 3. The zero-order chi connectivity index (χ0) is 33.2. The number of carbonyl (C=O) groups excluding carboxylic acids is 3. The molecule has 1 N–H and O–H groups in total. The van der Waals surface area contributed by atoms with Gasteiger partial charge in [-0.25, -0.2) is 0 Å². The van der Waals surface area contributed by atoms with E-state index in [1.54, 1.807) is 28.9 Å². The lowest BCUT2D eigenvalue weighted by molar-refractivity contribution is -0.150. The molecule has 7 rings (SSSR count). The van der Waals surface area contributed by atoms with Gasteiger partial charge >= 0.3 is 0 Å². The van der Waals surface area contributed by atoms with Crippen LogP contribution in [-0.2, 0) is 37.7 Å². The number of amides is 3. The Hall–Kier alpha value is -3.99. The number of rotatable bonds is 7. The van der Waals surface area contributed by atoms with Crippen molar-refractivity contribution in [3.8, 4) is 5.75 Å². The number of carbonyl (C=O) groups is 3. The number of β-lactam (4-membered cyclic amide) rings is 1. The van der Waals surface area contributed by atoms with E-state index in [0.29, 0.717) is 25.9 Å². The molecular formula is C37H43N3O6Si. The van der Waals surface area contributed by atoms with E-state index in [1.807, 2.05) is 48.5 Å². The number of nitrogens with zero attached hydrogens (tertiary/aromatic N) is 3. The summed E-state index contributed by atoms with van der Waals surface area (Å²) < 4.78 is 12.6. The molecule has 9 nitrogen and oxygen atoms in total. The van der Waals surface area contributed by atoms with Crippen LogP contribution in [0.2, 0.25) is 18.6 Å². The predicted octanol–water partition coefficient (Wildman–Crippen LogP) is 3.96. The molecule has 4 aliphatic rings. The normalized spacial score (nSPS) is 26.8. The van der Waals surface area contributed by atoms with Crippen molar-refractivity contribution in [2.24, 2.45) is 5.92 Å². The number of hydrogen-bond donors (Lipinski definition) is 1. The Bertz CT molecular complexity index is 1740. The van der Waals surface area contributed by atoms with Crippen LogP contribution in [0.3, 0.4) is 0 Å². The average molecular weight is 654 g/mol. The fourth-order valence-electron chi connectivity index (χ4n) is 8.70. The summed E-state index contributed by atoms with van der Waals surface area (Å²) in [5.74, 6) is 0.335. The minimum absolute atomic E-state index is 0.0630. The first-order chi connectivity index (χ1) is 22.5. The summed E-state index contributed by atoms with van der Waals surface area (Å²) in [7, 11) is 0.972. The Morgan fingerprint density at radius 3 is 2.43 bits per heavy atom. The maximum absolute atomic E-state index is 14.5. The quantitative estimate of drug-likeness (QED) is 0.306. The van der Waals surface area contributed by atoms with Crippen LogP contribution < -0.4 is 19.7 Å². The van der Waals surface area contributed by atoms with Crippen molar-refractivity contribution in [2.45, 2.75) is 69.1 Å². The molecule has 0 aliphatic carbocycles. The number of ether oxygens (including phenoxy) is 2. The molecule has 47 heavy (non-hydrogen) atoms. The molecule has 0 aromatic heterocycles. The topological polar surface area (TPSA) is 99.6 Å². The number of aliphatic hydroxyl groups excluding tert-OH is 1. The Morgan fingerprint density at radius 2 is 1.79 bits per heavy atom. The predicted molar refractivity (Wildman–Crippen MR) is 183 cm³/mol. The van der Waals surface area contributed by atoms with Crippen LogP contribution in [0.15, 0.2) is 66.7 Å². The SMILES string of the molecule is COc1ccc([Si](C)(C)[C@H]2[C@H](CC(=O)N3Cc4ccccc4C[C@H]3CO)O[C@@]3(C(=O)N(C)c4ccc(N5CCC5=O)cc43)[C@@H]2C)cc1. The van der Waals surface area contributed by atoms with Crippen molar-refractivity contribution in [3.63, 3.8) is 0 Å². The molecule has 3 amide bonds. The standard InChI is InChI=1S/C37H43N3O6Si/c1-23-35(47(4,5)29-13-11-28(45-3)12-14-29)32(20-34(43)40-21-25-9-7-6-8-24(25)18-27(40)22-41)46-37(23)30-19-26(39-17-16-33(39)42)10-15-31(30)38(2)36(37)44/h6-15,19,23,27,32,35,41H,16-18,20-22H2,1-5H3/t23-,27+,32+,35-,37+/m1/s1. The number of hydrogen-bond acceptors (Lipinski definition) is 6. The summed E-state index contributed by atoms with van der Waals surface area (Å²) in [6.07, 6.45) is 0.653. The third-order valence-corrected chi connectivity index (χ3v) is 15.7. The van der Waals surface area contributed by atoms with E-state index in [1.165, 1.54) is 5.19 Å². The lowest BCUT2D eigenvalue weighted by atomic mass is 9.82. The Morgan fingerprint density at radius 1 is 1.06 bits per heavy atom. The zero-order valence-electron chi connectivity index (χ0n) is 27.7. The van der Waals surface area contributed by atoms with Gasteiger partial charge < -0.3 is 29.3 Å². The maximum Gasteiger partial charge on any atom is 0.264 e. The lowest BCUT2D eigenvalue weighted by Crippen LogP contribution is -2.52. The van der Waals surface area contributed by atoms with Crippen LogP contribution in [0.25, 0.3) is 0 Å².